The van der Waals surface area contributed by atoms with E-state index in [1.807, 2.05) is 67.1 Å². The zero-order valence-electron chi connectivity index (χ0n) is 15.2. The molecular weight excluding hydrogens is 340 g/mol. The zero-order valence-corrected chi connectivity index (χ0v) is 15.2. The van der Waals surface area contributed by atoms with Crippen molar-refractivity contribution in [2.75, 3.05) is 0 Å². The molecule has 1 amide bonds. The predicted octanol–water partition coefficient (Wildman–Crippen LogP) is 2.56. The second kappa shape index (κ2) is 6.35. The van der Waals surface area contributed by atoms with Crippen LogP contribution in [0.1, 0.15) is 19.5 Å². The summed E-state index contributed by atoms with van der Waals surface area (Å²) in [5.41, 5.74) is 7.53. The van der Waals surface area contributed by atoms with E-state index in [4.69, 9.17) is 5.73 Å². The number of aromatic nitrogens is 5. The van der Waals surface area contributed by atoms with Gasteiger partial charge in [0.25, 0.3) is 0 Å². The predicted molar refractivity (Wildman–Crippen MR) is 103 cm³/mol. The van der Waals surface area contributed by atoms with E-state index >= 15 is 0 Å². The van der Waals surface area contributed by atoms with Gasteiger partial charge >= 0.3 is 0 Å². The van der Waals surface area contributed by atoms with Gasteiger partial charge in [-0.05, 0) is 50.2 Å². The van der Waals surface area contributed by atoms with Crippen molar-refractivity contribution in [2.24, 2.45) is 5.73 Å². The lowest BCUT2D eigenvalue weighted by atomic mass is 10.0. The van der Waals surface area contributed by atoms with Gasteiger partial charge in [0.1, 0.15) is 11.9 Å². The molecule has 2 N–H and O–H groups in total. The van der Waals surface area contributed by atoms with Gasteiger partial charge in [0.05, 0.1) is 12.2 Å². The van der Waals surface area contributed by atoms with Crippen molar-refractivity contribution in [3.8, 4) is 11.4 Å². The standard InChI is InChI=1S/C20H20N6O/c1-20(2,19(21)27)26-10-8-14-11-15(6-7-17(14)26)18-23-13-25(24-18)12-16-5-3-4-9-22-16/h3-11,13H,12H2,1-2H3,(H2,21,27). The molecule has 0 unspecified atom stereocenters. The first-order valence-corrected chi connectivity index (χ1v) is 8.66. The number of nitrogens with zero attached hydrogens (tertiary/aromatic N) is 5. The van der Waals surface area contributed by atoms with Crippen LogP contribution < -0.4 is 5.73 Å². The Kier molecular flexibility index (Phi) is 3.99. The first-order chi connectivity index (χ1) is 12.9. The molecule has 0 aliphatic heterocycles. The maximum atomic E-state index is 11.8. The highest BCUT2D eigenvalue weighted by Crippen LogP contribution is 2.27. The molecule has 0 saturated heterocycles. The average molecular weight is 360 g/mol. The molecule has 0 saturated carbocycles. The van der Waals surface area contributed by atoms with Gasteiger partial charge in [0.15, 0.2) is 5.82 Å². The summed E-state index contributed by atoms with van der Waals surface area (Å²) >= 11 is 0. The fourth-order valence-corrected chi connectivity index (χ4v) is 3.05. The SMILES string of the molecule is CC(C)(C(N)=O)n1ccc2cc(-c3ncn(Cc4ccccn4)n3)ccc21. The van der Waals surface area contributed by atoms with Crippen molar-refractivity contribution < 1.29 is 4.79 Å². The Morgan fingerprint density at radius 2 is 2.00 bits per heavy atom. The lowest BCUT2D eigenvalue weighted by Crippen LogP contribution is -2.40. The molecule has 0 aliphatic rings. The van der Waals surface area contributed by atoms with Gasteiger partial charge in [-0.2, -0.15) is 5.10 Å². The van der Waals surface area contributed by atoms with Crippen molar-refractivity contribution in [1.82, 2.24) is 24.3 Å². The summed E-state index contributed by atoms with van der Waals surface area (Å²) in [6, 6.07) is 13.7. The number of hydrogen-bond acceptors (Lipinski definition) is 4. The van der Waals surface area contributed by atoms with Crippen LogP contribution in [0.5, 0.6) is 0 Å². The van der Waals surface area contributed by atoms with E-state index in [0.29, 0.717) is 12.4 Å². The van der Waals surface area contributed by atoms with E-state index in [2.05, 4.69) is 15.1 Å². The minimum absolute atomic E-state index is 0.376. The van der Waals surface area contributed by atoms with E-state index in [-0.39, 0.29) is 5.91 Å². The summed E-state index contributed by atoms with van der Waals surface area (Å²) in [6.07, 6.45) is 5.35. The van der Waals surface area contributed by atoms with Crippen LogP contribution in [-0.2, 0) is 16.9 Å². The fraction of sp³-hybridized carbons (Fsp3) is 0.200. The zero-order chi connectivity index (χ0) is 19.0. The van der Waals surface area contributed by atoms with Crippen LogP contribution >= 0.6 is 0 Å². The highest BCUT2D eigenvalue weighted by molar-refractivity contribution is 5.89. The summed E-state index contributed by atoms with van der Waals surface area (Å²) in [7, 11) is 0. The molecule has 1 aromatic carbocycles. The number of fused-ring (bicyclic) bond motifs is 1. The monoisotopic (exact) mass is 360 g/mol. The Hall–Kier alpha value is -3.48. The molecule has 3 aromatic heterocycles. The Balaban J connectivity index is 1.65. The summed E-state index contributed by atoms with van der Waals surface area (Å²) < 4.78 is 3.66. The Morgan fingerprint density at radius 1 is 1.15 bits per heavy atom. The second-order valence-corrected chi connectivity index (χ2v) is 6.97. The molecule has 0 spiro atoms. The number of benzene rings is 1. The number of primary amides is 1. The van der Waals surface area contributed by atoms with E-state index in [9.17, 15) is 4.79 Å². The maximum absolute atomic E-state index is 11.8. The number of rotatable bonds is 5. The number of nitrogens with two attached hydrogens (primary N) is 1. The molecule has 3 heterocycles. The molecule has 0 radical (unpaired) electrons. The van der Waals surface area contributed by atoms with Gasteiger partial charge in [-0.1, -0.05) is 6.07 Å². The number of carbonyl (C=O) groups is 1. The molecule has 4 rings (SSSR count). The second-order valence-electron chi connectivity index (χ2n) is 6.97. The number of carbonyl (C=O) groups excluding carboxylic acids is 1. The van der Waals surface area contributed by atoms with Crippen molar-refractivity contribution in [1.29, 1.82) is 0 Å². The minimum atomic E-state index is -0.800. The molecule has 136 valence electrons. The average Bonchev–Trinajstić information content (AvgIpc) is 3.29. The number of hydrogen-bond donors (Lipinski definition) is 1. The Bertz CT molecular complexity index is 1110. The first kappa shape index (κ1) is 17.0. The van der Waals surface area contributed by atoms with Gasteiger partial charge in [-0.3, -0.25) is 9.78 Å². The van der Waals surface area contributed by atoms with Crippen LogP contribution in [0.2, 0.25) is 0 Å². The lowest BCUT2D eigenvalue weighted by Gasteiger charge is -2.24. The molecule has 0 aliphatic carbocycles. The fourth-order valence-electron chi connectivity index (χ4n) is 3.05. The summed E-state index contributed by atoms with van der Waals surface area (Å²) in [6.45, 7) is 4.19. The molecule has 27 heavy (non-hydrogen) atoms. The summed E-state index contributed by atoms with van der Waals surface area (Å²) in [4.78, 5) is 20.5. The molecular formula is C20H20N6O. The molecule has 0 atom stereocenters. The Labute approximate surface area is 156 Å². The summed E-state index contributed by atoms with van der Waals surface area (Å²) in [5.74, 6) is 0.272. The highest BCUT2D eigenvalue weighted by Gasteiger charge is 2.28. The van der Waals surface area contributed by atoms with Crippen LogP contribution in [-0.4, -0.2) is 30.2 Å². The van der Waals surface area contributed by atoms with Crippen molar-refractivity contribution in [2.45, 2.75) is 25.9 Å². The van der Waals surface area contributed by atoms with Crippen LogP contribution in [0.4, 0.5) is 0 Å². The molecule has 4 aromatic rings. The van der Waals surface area contributed by atoms with Crippen molar-refractivity contribution in [3.05, 3.63) is 66.9 Å². The largest absolute Gasteiger partial charge is 0.368 e. The van der Waals surface area contributed by atoms with Gasteiger partial charge in [-0.25, -0.2) is 9.67 Å². The topological polar surface area (TPSA) is 91.6 Å². The van der Waals surface area contributed by atoms with Crippen molar-refractivity contribution in [3.63, 3.8) is 0 Å². The van der Waals surface area contributed by atoms with Crippen LogP contribution in [0, 0.1) is 0 Å². The van der Waals surface area contributed by atoms with Gasteiger partial charge in [0.2, 0.25) is 5.91 Å². The molecule has 0 fully saturated rings. The third kappa shape index (κ3) is 3.08. The molecule has 0 bridgehead atoms. The minimum Gasteiger partial charge on any atom is -0.368 e. The van der Waals surface area contributed by atoms with Gasteiger partial charge in [-0.15, -0.1) is 0 Å². The third-order valence-corrected chi connectivity index (χ3v) is 4.74. The number of amides is 1. The van der Waals surface area contributed by atoms with Gasteiger partial charge < -0.3 is 10.3 Å². The highest BCUT2D eigenvalue weighted by atomic mass is 16.1. The first-order valence-electron chi connectivity index (χ1n) is 8.66. The van der Waals surface area contributed by atoms with E-state index in [1.54, 1.807) is 17.2 Å². The van der Waals surface area contributed by atoms with E-state index < -0.39 is 5.54 Å². The summed E-state index contributed by atoms with van der Waals surface area (Å²) in [5, 5.41) is 5.55. The van der Waals surface area contributed by atoms with Crippen LogP contribution in [0.3, 0.4) is 0 Å². The maximum Gasteiger partial charge on any atom is 0.243 e. The normalized spacial score (nSPS) is 11.8. The smallest absolute Gasteiger partial charge is 0.243 e. The number of pyridine rings is 1. The van der Waals surface area contributed by atoms with E-state index in [0.717, 1.165) is 22.2 Å². The van der Waals surface area contributed by atoms with E-state index in [1.165, 1.54) is 0 Å². The lowest BCUT2D eigenvalue weighted by molar-refractivity contribution is -0.124. The van der Waals surface area contributed by atoms with Crippen molar-refractivity contribution >= 4 is 16.8 Å². The van der Waals surface area contributed by atoms with Crippen LogP contribution in [0.25, 0.3) is 22.3 Å². The quantitative estimate of drug-likeness (QED) is 0.592. The Morgan fingerprint density at radius 3 is 2.74 bits per heavy atom. The van der Waals surface area contributed by atoms with Crippen LogP contribution in [0.15, 0.2) is 61.2 Å². The third-order valence-electron chi connectivity index (χ3n) is 4.74. The van der Waals surface area contributed by atoms with Gasteiger partial charge in [0, 0.05) is 28.9 Å². The molecule has 7 heteroatoms. The molecule has 7 nitrogen and oxygen atoms in total.